The summed E-state index contributed by atoms with van der Waals surface area (Å²) in [5.74, 6) is -0.257. The van der Waals surface area contributed by atoms with Gasteiger partial charge in [0.05, 0.1) is 30.4 Å². The van der Waals surface area contributed by atoms with Crippen LogP contribution in [0.1, 0.15) is 29.3 Å². The van der Waals surface area contributed by atoms with Gasteiger partial charge in [-0.1, -0.05) is 6.92 Å². The molecule has 0 aliphatic carbocycles. The van der Waals surface area contributed by atoms with Gasteiger partial charge in [-0.3, -0.25) is 14.0 Å². The number of morpholine rings is 1. The lowest BCUT2D eigenvalue weighted by Crippen LogP contribution is -2.39. The zero-order chi connectivity index (χ0) is 25.9. The molecule has 1 fully saturated rings. The molecule has 3 heterocycles. The lowest BCUT2D eigenvalue weighted by Gasteiger charge is -2.28. The van der Waals surface area contributed by atoms with E-state index in [1.807, 2.05) is 6.92 Å². The average molecular weight is 519 g/mol. The molecule has 1 N–H and O–H groups in total. The molecule has 1 saturated heterocycles. The van der Waals surface area contributed by atoms with Gasteiger partial charge in [-0.15, -0.1) is 0 Å². The van der Waals surface area contributed by atoms with E-state index < -0.39 is 15.8 Å². The Labute approximate surface area is 210 Å². The molecule has 1 aliphatic rings. The Bertz CT molecular complexity index is 1330. The van der Waals surface area contributed by atoms with E-state index in [4.69, 9.17) is 9.15 Å². The molecule has 194 valence electrons. The van der Waals surface area contributed by atoms with E-state index in [1.54, 1.807) is 6.07 Å². The van der Waals surface area contributed by atoms with E-state index in [1.165, 1.54) is 35.6 Å². The second-order valence-corrected chi connectivity index (χ2v) is 10.6. The minimum absolute atomic E-state index is 0.141. The number of fused-ring (bicyclic) bond motifs is 1. The van der Waals surface area contributed by atoms with Crippen LogP contribution in [-0.2, 0) is 21.2 Å². The number of benzene rings is 1. The fourth-order valence-corrected chi connectivity index (χ4v) is 5.31. The molecular formula is C25H31FN4O5S. The van der Waals surface area contributed by atoms with Gasteiger partial charge in [0.15, 0.2) is 0 Å². The number of carbonyl (C=O) groups is 1. The maximum absolute atomic E-state index is 13.5. The third-order valence-corrected chi connectivity index (χ3v) is 7.41. The van der Waals surface area contributed by atoms with Gasteiger partial charge < -0.3 is 14.5 Å². The molecule has 0 atom stereocenters. The van der Waals surface area contributed by atoms with Crippen LogP contribution in [0.25, 0.3) is 22.4 Å². The van der Waals surface area contributed by atoms with Crippen molar-refractivity contribution in [2.24, 2.45) is 0 Å². The molecule has 0 spiro atoms. The standard InChI is InChI=1S/C25H31FN4O5S/c1-4-17-16-20-21(24(31)27-2)22(18-6-8-19(26)9-7-18)35-25(20)28-23(17)30(36(3,32)33)11-5-10-29-12-14-34-15-13-29/h6-9,16H,4-5,10-15H2,1-3H3,(H,27,31). The number of nitrogens with zero attached hydrogens (tertiary/aromatic N) is 3. The average Bonchev–Trinajstić information content (AvgIpc) is 3.24. The van der Waals surface area contributed by atoms with Gasteiger partial charge in [-0.2, -0.15) is 4.98 Å². The van der Waals surface area contributed by atoms with E-state index >= 15 is 0 Å². The maximum Gasteiger partial charge on any atom is 0.255 e. The van der Waals surface area contributed by atoms with Crippen LogP contribution in [0.5, 0.6) is 0 Å². The summed E-state index contributed by atoms with van der Waals surface area (Å²) in [6.45, 7) is 5.91. The Hall–Kier alpha value is -3.02. The minimum Gasteiger partial charge on any atom is -0.437 e. The number of carbonyl (C=O) groups excluding carboxylic acids is 1. The summed E-state index contributed by atoms with van der Waals surface area (Å²) >= 11 is 0. The highest BCUT2D eigenvalue weighted by atomic mass is 32.2. The lowest BCUT2D eigenvalue weighted by atomic mass is 10.0. The van der Waals surface area contributed by atoms with Crippen molar-refractivity contribution in [2.75, 3.05) is 57.0 Å². The van der Waals surface area contributed by atoms with Crippen molar-refractivity contribution in [3.63, 3.8) is 0 Å². The Morgan fingerprint density at radius 2 is 1.92 bits per heavy atom. The van der Waals surface area contributed by atoms with Crippen LogP contribution in [0.15, 0.2) is 34.7 Å². The SMILES string of the molecule is CCc1cc2c(C(=O)NC)c(-c3ccc(F)cc3)oc2nc1N(CCCN1CCOCC1)S(C)(=O)=O. The second kappa shape index (κ2) is 10.9. The van der Waals surface area contributed by atoms with E-state index in [0.29, 0.717) is 42.6 Å². The highest BCUT2D eigenvalue weighted by Gasteiger charge is 2.27. The molecule has 11 heteroatoms. The van der Waals surface area contributed by atoms with Crippen LogP contribution >= 0.6 is 0 Å². The predicted molar refractivity (Wildman–Crippen MR) is 136 cm³/mol. The topological polar surface area (TPSA) is 105 Å². The third-order valence-electron chi connectivity index (χ3n) is 6.26. The number of anilines is 1. The van der Waals surface area contributed by atoms with Crippen LogP contribution in [0.3, 0.4) is 0 Å². The molecule has 0 saturated carbocycles. The van der Waals surface area contributed by atoms with Crippen LogP contribution in [0, 0.1) is 5.82 Å². The molecule has 4 rings (SSSR count). The Morgan fingerprint density at radius 3 is 2.53 bits per heavy atom. The molecule has 1 aromatic carbocycles. The van der Waals surface area contributed by atoms with Gasteiger partial charge >= 0.3 is 0 Å². The van der Waals surface area contributed by atoms with Gasteiger partial charge in [-0.05, 0) is 48.7 Å². The molecule has 1 aliphatic heterocycles. The van der Waals surface area contributed by atoms with Gasteiger partial charge in [-0.25, -0.2) is 12.8 Å². The zero-order valence-corrected chi connectivity index (χ0v) is 21.5. The number of ether oxygens (including phenoxy) is 1. The first kappa shape index (κ1) is 26.1. The number of rotatable bonds is 9. The number of sulfonamides is 1. The van der Waals surface area contributed by atoms with Gasteiger partial charge in [0.2, 0.25) is 15.7 Å². The summed E-state index contributed by atoms with van der Waals surface area (Å²) in [4.78, 5) is 19.7. The number of pyridine rings is 1. The van der Waals surface area contributed by atoms with E-state index in [9.17, 15) is 17.6 Å². The predicted octanol–water partition coefficient (Wildman–Crippen LogP) is 3.04. The van der Waals surface area contributed by atoms with Crippen molar-refractivity contribution in [1.82, 2.24) is 15.2 Å². The first-order valence-electron chi connectivity index (χ1n) is 11.9. The molecule has 0 unspecified atom stereocenters. The summed E-state index contributed by atoms with van der Waals surface area (Å²) in [6, 6.07) is 7.38. The summed E-state index contributed by atoms with van der Waals surface area (Å²) in [5.41, 5.74) is 1.60. The number of aromatic nitrogens is 1. The van der Waals surface area contributed by atoms with E-state index in [0.717, 1.165) is 25.9 Å². The molecule has 36 heavy (non-hydrogen) atoms. The van der Waals surface area contributed by atoms with Gasteiger partial charge in [0.1, 0.15) is 17.4 Å². The quantitative estimate of drug-likeness (QED) is 0.464. The number of halogens is 1. The van der Waals surface area contributed by atoms with Crippen molar-refractivity contribution in [3.8, 4) is 11.3 Å². The van der Waals surface area contributed by atoms with Crippen LogP contribution in [-0.4, -0.2) is 76.9 Å². The highest BCUT2D eigenvalue weighted by Crippen LogP contribution is 2.36. The van der Waals surface area contributed by atoms with Crippen LogP contribution < -0.4 is 9.62 Å². The molecule has 0 bridgehead atoms. The second-order valence-electron chi connectivity index (χ2n) is 8.71. The normalized spacial score (nSPS) is 14.8. The smallest absolute Gasteiger partial charge is 0.255 e. The summed E-state index contributed by atoms with van der Waals surface area (Å²) in [7, 11) is -2.13. The largest absolute Gasteiger partial charge is 0.437 e. The maximum atomic E-state index is 13.5. The summed E-state index contributed by atoms with van der Waals surface area (Å²) < 4.78 is 51.9. The van der Waals surface area contributed by atoms with E-state index in [-0.39, 0.29) is 35.3 Å². The van der Waals surface area contributed by atoms with Crippen LogP contribution in [0.4, 0.5) is 10.2 Å². The number of hydrogen-bond acceptors (Lipinski definition) is 7. The number of aryl methyl sites for hydroxylation is 1. The van der Waals surface area contributed by atoms with Gasteiger partial charge in [0, 0.05) is 38.8 Å². The number of furan rings is 1. The zero-order valence-electron chi connectivity index (χ0n) is 20.7. The lowest BCUT2D eigenvalue weighted by molar-refractivity contribution is 0.0377. The molecule has 9 nitrogen and oxygen atoms in total. The Kier molecular flexibility index (Phi) is 7.91. The minimum atomic E-state index is -3.64. The summed E-state index contributed by atoms with van der Waals surface area (Å²) in [5, 5.41) is 3.09. The van der Waals surface area contributed by atoms with Crippen molar-refractivity contribution < 1.29 is 26.8 Å². The third kappa shape index (κ3) is 5.53. The van der Waals surface area contributed by atoms with Crippen molar-refractivity contribution in [1.29, 1.82) is 0 Å². The first-order valence-corrected chi connectivity index (χ1v) is 13.8. The van der Waals surface area contributed by atoms with Crippen molar-refractivity contribution >= 4 is 32.8 Å². The summed E-state index contributed by atoms with van der Waals surface area (Å²) in [6.07, 6.45) is 2.28. The van der Waals surface area contributed by atoms with Crippen molar-refractivity contribution in [2.45, 2.75) is 19.8 Å². The molecule has 2 aromatic heterocycles. The first-order chi connectivity index (χ1) is 17.2. The Balaban J connectivity index is 1.76. The number of hydrogen-bond donors (Lipinski definition) is 1. The Morgan fingerprint density at radius 1 is 1.22 bits per heavy atom. The number of nitrogens with one attached hydrogen (secondary N) is 1. The van der Waals surface area contributed by atoms with Crippen LogP contribution in [0.2, 0.25) is 0 Å². The highest BCUT2D eigenvalue weighted by molar-refractivity contribution is 7.92. The van der Waals surface area contributed by atoms with Crippen molar-refractivity contribution in [3.05, 3.63) is 47.3 Å². The molecular weight excluding hydrogens is 487 g/mol. The fraction of sp³-hybridized carbons (Fsp3) is 0.440. The van der Waals surface area contributed by atoms with Gasteiger partial charge in [0.25, 0.3) is 5.91 Å². The molecule has 3 aromatic rings. The number of amides is 1. The monoisotopic (exact) mass is 518 g/mol. The fourth-order valence-electron chi connectivity index (χ4n) is 4.38. The molecule has 1 amide bonds. The molecule has 0 radical (unpaired) electrons. The van der Waals surface area contributed by atoms with E-state index in [2.05, 4.69) is 15.2 Å².